The van der Waals surface area contributed by atoms with E-state index >= 15 is 0 Å². The van der Waals surface area contributed by atoms with Gasteiger partial charge in [0.2, 0.25) is 0 Å². The van der Waals surface area contributed by atoms with E-state index in [-0.39, 0.29) is 6.61 Å². The van der Waals surface area contributed by atoms with Gasteiger partial charge in [0.25, 0.3) is 0 Å². The van der Waals surface area contributed by atoms with Crippen molar-refractivity contribution in [3.8, 4) is 0 Å². The highest BCUT2D eigenvalue weighted by atomic mass is 16.6. The summed E-state index contributed by atoms with van der Waals surface area (Å²) in [5, 5.41) is 8.57. The van der Waals surface area contributed by atoms with Crippen LogP contribution in [0.4, 0.5) is 0 Å². The minimum Gasteiger partial charge on any atom is -0.394 e. The second kappa shape index (κ2) is 34.6. The summed E-state index contributed by atoms with van der Waals surface area (Å²) < 4.78 is 49.3. The number of aliphatic hydroxyl groups excluding tert-OH is 1. The standard InChI is InChI=1S/C28H58O10/c1-3-5-6-7-9-28(8-4-2)38-27-26-37-25-24-36-23-22-35-21-20-34-19-18-33-17-16-32-15-14-31-13-12-30-11-10-29/h28-29H,3-27H2,1-2H3. The Morgan fingerprint density at radius 3 is 1.11 bits per heavy atom. The van der Waals surface area contributed by atoms with Crippen molar-refractivity contribution in [1.29, 1.82) is 0 Å². The first-order chi connectivity index (χ1) is 18.8. The topological polar surface area (TPSA) is 103 Å². The molecule has 10 heteroatoms. The number of hydrogen-bond donors (Lipinski definition) is 1. The molecule has 0 aliphatic rings. The van der Waals surface area contributed by atoms with Crippen LogP contribution in [0.15, 0.2) is 0 Å². The van der Waals surface area contributed by atoms with E-state index in [0.29, 0.717) is 118 Å². The molecule has 0 rings (SSSR count). The Morgan fingerprint density at radius 1 is 0.395 bits per heavy atom. The van der Waals surface area contributed by atoms with Gasteiger partial charge in [0.1, 0.15) is 0 Å². The zero-order chi connectivity index (χ0) is 27.6. The lowest BCUT2D eigenvalue weighted by Crippen LogP contribution is -2.17. The maximum atomic E-state index is 8.57. The largest absolute Gasteiger partial charge is 0.394 e. The van der Waals surface area contributed by atoms with Crippen molar-refractivity contribution in [3.63, 3.8) is 0 Å². The summed E-state index contributed by atoms with van der Waals surface area (Å²) in [6.45, 7) is 13.5. The second-order valence-electron chi connectivity index (χ2n) is 8.75. The molecule has 38 heavy (non-hydrogen) atoms. The van der Waals surface area contributed by atoms with Crippen LogP contribution in [0.25, 0.3) is 0 Å². The molecule has 1 N–H and O–H groups in total. The zero-order valence-corrected chi connectivity index (χ0v) is 24.4. The molecule has 0 aliphatic carbocycles. The van der Waals surface area contributed by atoms with Gasteiger partial charge >= 0.3 is 0 Å². The van der Waals surface area contributed by atoms with Gasteiger partial charge in [-0.3, -0.25) is 0 Å². The number of aliphatic hydroxyl groups is 1. The Morgan fingerprint density at radius 2 is 0.763 bits per heavy atom. The van der Waals surface area contributed by atoms with Crippen molar-refractivity contribution < 1.29 is 47.7 Å². The van der Waals surface area contributed by atoms with E-state index in [1.54, 1.807) is 0 Å². The maximum Gasteiger partial charge on any atom is 0.0704 e. The first-order valence-electron chi connectivity index (χ1n) is 14.7. The van der Waals surface area contributed by atoms with Gasteiger partial charge in [0.05, 0.1) is 125 Å². The molecule has 0 saturated heterocycles. The zero-order valence-electron chi connectivity index (χ0n) is 24.4. The number of ether oxygens (including phenoxy) is 9. The lowest BCUT2D eigenvalue weighted by molar-refractivity contribution is -0.0309. The van der Waals surface area contributed by atoms with Crippen LogP contribution in [0, 0.1) is 0 Å². The predicted octanol–water partition coefficient (Wildman–Crippen LogP) is 3.27. The van der Waals surface area contributed by atoms with Gasteiger partial charge < -0.3 is 47.7 Å². The normalized spacial score (nSPS) is 12.4. The van der Waals surface area contributed by atoms with E-state index in [0.717, 1.165) is 19.3 Å². The quantitative estimate of drug-likeness (QED) is 0.119. The number of rotatable bonds is 34. The Hall–Kier alpha value is -0.400. The molecule has 0 heterocycles. The molecule has 0 aliphatic heterocycles. The third-order valence-electron chi connectivity index (χ3n) is 5.41. The van der Waals surface area contributed by atoms with Crippen molar-refractivity contribution in [2.24, 2.45) is 0 Å². The van der Waals surface area contributed by atoms with Gasteiger partial charge in [-0.25, -0.2) is 0 Å². The van der Waals surface area contributed by atoms with Crippen molar-refractivity contribution in [1.82, 2.24) is 0 Å². The van der Waals surface area contributed by atoms with E-state index in [4.69, 9.17) is 47.7 Å². The highest BCUT2D eigenvalue weighted by Crippen LogP contribution is 2.12. The molecule has 1 atom stereocenters. The fraction of sp³-hybridized carbons (Fsp3) is 1.00. The summed E-state index contributed by atoms with van der Waals surface area (Å²) in [6.07, 6.45) is 8.98. The first-order valence-corrected chi connectivity index (χ1v) is 14.7. The lowest BCUT2D eigenvalue weighted by Gasteiger charge is -2.17. The number of hydrogen-bond acceptors (Lipinski definition) is 10. The summed E-state index contributed by atoms with van der Waals surface area (Å²) >= 11 is 0. The van der Waals surface area contributed by atoms with Crippen LogP contribution >= 0.6 is 0 Å². The monoisotopic (exact) mass is 554 g/mol. The van der Waals surface area contributed by atoms with E-state index in [1.165, 1.54) is 25.7 Å². The lowest BCUT2D eigenvalue weighted by atomic mass is 10.1. The van der Waals surface area contributed by atoms with Gasteiger partial charge in [-0.1, -0.05) is 46.0 Å². The molecule has 0 aromatic heterocycles. The molecule has 0 bridgehead atoms. The molecule has 0 aromatic rings. The van der Waals surface area contributed by atoms with E-state index in [1.807, 2.05) is 0 Å². The molecule has 10 nitrogen and oxygen atoms in total. The molecular weight excluding hydrogens is 496 g/mol. The third-order valence-corrected chi connectivity index (χ3v) is 5.41. The molecule has 0 amide bonds. The van der Waals surface area contributed by atoms with E-state index in [9.17, 15) is 0 Å². The van der Waals surface area contributed by atoms with Gasteiger partial charge in [-0.05, 0) is 12.8 Å². The third kappa shape index (κ3) is 31.8. The molecule has 0 fully saturated rings. The molecular formula is C28H58O10. The molecule has 230 valence electrons. The Labute approximate surface area is 231 Å². The van der Waals surface area contributed by atoms with Crippen LogP contribution in [-0.4, -0.2) is 130 Å². The van der Waals surface area contributed by atoms with Crippen molar-refractivity contribution in [2.45, 2.75) is 64.9 Å². The van der Waals surface area contributed by atoms with Gasteiger partial charge in [0, 0.05) is 0 Å². The van der Waals surface area contributed by atoms with Crippen LogP contribution in [-0.2, 0) is 42.6 Å². The Bertz CT molecular complexity index is 417. The van der Waals surface area contributed by atoms with Gasteiger partial charge in [-0.15, -0.1) is 0 Å². The average molecular weight is 555 g/mol. The predicted molar refractivity (Wildman–Crippen MR) is 147 cm³/mol. The first kappa shape index (κ1) is 37.6. The Kier molecular flexibility index (Phi) is 34.3. The molecule has 0 radical (unpaired) electrons. The van der Waals surface area contributed by atoms with E-state index < -0.39 is 0 Å². The average Bonchev–Trinajstić information content (AvgIpc) is 2.93. The fourth-order valence-corrected chi connectivity index (χ4v) is 3.41. The van der Waals surface area contributed by atoms with Crippen molar-refractivity contribution in [3.05, 3.63) is 0 Å². The van der Waals surface area contributed by atoms with E-state index in [2.05, 4.69) is 13.8 Å². The Balaban J connectivity index is 3.18. The molecule has 0 aromatic carbocycles. The second-order valence-corrected chi connectivity index (χ2v) is 8.75. The number of unbranched alkanes of at least 4 members (excludes halogenated alkanes) is 3. The van der Waals surface area contributed by atoms with Crippen LogP contribution in [0.3, 0.4) is 0 Å². The van der Waals surface area contributed by atoms with Gasteiger partial charge in [-0.2, -0.15) is 0 Å². The fourth-order valence-electron chi connectivity index (χ4n) is 3.41. The summed E-state index contributed by atoms with van der Waals surface area (Å²) in [4.78, 5) is 0. The summed E-state index contributed by atoms with van der Waals surface area (Å²) in [6, 6.07) is 0. The highest BCUT2D eigenvalue weighted by molar-refractivity contribution is 4.58. The van der Waals surface area contributed by atoms with Crippen LogP contribution in [0.5, 0.6) is 0 Å². The van der Waals surface area contributed by atoms with Crippen LogP contribution in [0.2, 0.25) is 0 Å². The minimum atomic E-state index is 0.0321. The van der Waals surface area contributed by atoms with Crippen molar-refractivity contribution in [2.75, 3.05) is 119 Å². The molecule has 0 saturated carbocycles. The van der Waals surface area contributed by atoms with Gasteiger partial charge in [0.15, 0.2) is 0 Å². The smallest absolute Gasteiger partial charge is 0.0704 e. The summed E-state index contributed by atoms with van der Waals surface area (Å²) in [5.74, 6) is 0. The maximum absolute atomic E-state index is 8.57. The SMILES string of the molecule is CCCCCCC(CCC)OCCOCCOCCOCCOCCOCCOCCOCCOCCO. The summed E-state index contributed by atoms with van der Waals surface area (Å²) in [5.41, 5.74) is 0. The van der Waals surface area contributed by atoms with Crippen LogP contribution in [0.1, 0.15) is 58.8 Å². The highest BCUT2D eigenvalue weighted by Gasteiger charge is 2.07. The molecule has 0 spiro atoms. The molecule has 1 unspecified atom stereocenters. The minimum absolute atomic E-state index is 0.0321. The van der Waals surface area contributed by atoms with Crippen molar-refractivity contribution >= 4 is 0 Å². The van der Waals surface area contributed by atoms with Crippen LogP contribution < -0.4 is 0 Å². The summed E-state index contributed by atoms with van der Waals surface area (Å²) in [7, 11) is 0.